The van der Waals surface area contributed by atoms with Crippen molar-refractivity contribution < 1.29 is 5.11 Å². The van der Waals surface area contributed by atoms with Crippen LogP contribution in [-0.4, -0.2) is 24.4 Å². The monoisotopic (exact) mass is 114 g/mol. The van der Waals surface area contributed by atoms with Crippen molar-refractivity contribution in [3.8, 4) is 0 Å². The zero-order chi connectivity index (χ0) is 5.82. The van der Waals surface area contributed by atoms with E-state index >= 15 is 0 Å². The van der Waals surface area contributed by atoms with Crippen molar-refractivity contribution in [2.24, 2.45) is 0 Å². The van der Waals surface area contributed by atoms with Crippen LogP contribution in [0.5, 0.6) is 0 Å². The molecule has 0 spiro atoms. The fourth-order valence-corrected chi connectivity index (χ4v) is 0.630. The van der Waals surface area contributed by atoms with Crippen molar-refractivity contribution in [1.82, 2.24) is 10.6 Å². The van der Waals surface area contributed by atoms with E-state index in [1.807, 2.05) is 12.3 Å². The molecule has 1 aliphatic heterocycles. The van der Waals surface area contributed by atoms with Gasteiger partial charge in [0.05, 0.1) is 6.61 Å². The minimum Gasteiger partial charge on any atom is -0.393 e. The second-order valence-corrected chi connectivity index (χ2v) is 1.71. The Kier molecular flexibility index (Phi) is 1.88. The summed E-state index contributed by atoms with van der Waals surface area (Å²) in [5.41, 5.74) is 0. The van der Waals surface area contributed by atoms with Gasteiger partial charge < -0.3 is 10.4 Å². The van der Waals surface area contributed by atoms with Gasteiger partial charge in [0.25, 0.3) is 0 Å². The van der Waals surface area contributed by atoms with Crippen LogP contribution in [0.25, 0.3) is 0 Å². The van der Waals surface area contributed by atoms with Crippen LogP contribution in [0.3, 0.4) is 0 Å². The Morgan fingerprint density at radius 2 is 2.62 bits per heavy atom. The zero-order valence-corrected chi connectivity index (χ0v) is 4.59. The highest BCUT2D eigenvalue weighted by molar-refractivity contribution is 4.89. The number of rotatable bonds is 1. The third-order valence-corrected chi connectivity index (χ3v) is 1.08. The van der Waals surface area contributed by atoms with Gasteiger partial charge >= 0.3 is 0 Å². The summed E-state index contributed by atoms with van der Waals surface area (Å²) in [5, 5.41) is 14.5. The number of hydrogen-bond acceptors (Lipinski definition) is 3. The molecule has 1 heterocycles. The molecule has 0 radical (unpaired) electrons. The topological polar surface area (TPSA) is 44.3 Å². The van der Waals surface area contributed by atoms with Crippen LogP contribution in [0.2, 0.25) is 0 Å². The summed E-state index contributed by atoms with van der Waals surface area (Å²) in [6.45, 7) is 0.989. The molecule has 1 aliphatic rings. The average molecular weight is 114 g/mol. The summed E-state index contributed by atoms with van der Waals surface area (Å²) >= 11 is 0. The first-order chi connectivity index (χ1) is 3.93. The lowest BCUT2D eigenvalue weighted by atomic mass is 10.4. The van der Waals surface area contributed by atoms with Crippen LogP contribution in [0.1, 0.15) is 0 Å². The molecule has 0 bridgehead atoms. The van der Waals surface area contributed by atoms with Gasteiger partial charge in [-0.15, -0.1) is 0 Å². The molecular formula is C5H10N2O. The summed E-state index contributed by atoms with van der Waals surface area (Å²) in [6, 6.07) is 0. The van der Waals surface area contributed by atoms with Crippen LogP contribution >= 0.6 is 0 Å². The molecule has 0 saturated carbocycles. The smallest absolute Gasteiger partial charge is 0.100 e. The van der Waals surface area contributed by atoms with Gasteiger partial charge in [0.2, 0.25) is 0 Å². The SMILES string of the molecule is OCC1NC=CCN1. The Labute approximate surface area is 48.4 Å². The fraction of sp³-hybridized carbons (Fsp3) is 0.600. The van der Waals surface area contributed by atoms with E-state index in [0.717, 1.165) is 6.54 Å². The lowest BCUT2D eigenvalue weighted by Crippen LogP contribution is -2.45. The maximum absolute atomic E-state index is 8.53. The van der Waals surface area contributed by atoms with Gasteiger partial charge in [-0.1, -0.05) is 6.08 Å². The standard InChI is InChI=1S/C5H10N2O/c8-4-5-6-2-1-3-7-5/h1-2,5-8H,3-4H2. The van der Waals surface area contributed by atoms with E-state index in [1.165, 1.54) is 0 Å². The summed E-state index contributed by atoms with van der Waals surface area (Å²) in [4.78, 5) is 0. The van der Waals surface area contributed by atoms with Crippen LogP contribution in [0.15, 0.2) is 12.3 Å². The first-order valence-corrected chi connectivity index (χ1v) is 2.69. The Bertz CT molecular complexity index is 92.4. The molecule has 1 atom stereocenters. The van der Waals surface area contributed by atoms with Gasteiger partial charge in [-0.2, -0.15) is 0 Å². The Morgan fingerprint density at radius 3 is 3.00 bits per heavy atom. The van der Waals surface area contributed by atoms with Crippen molar-refractivity contribution in [2.45, 2.75) is 6.17 Å². The molecule has 8 heavy (non-hydrogen) atoms. The van der Waals surface area contributed by atoms with E-state index in [1.54, 1.807) is 0 Å². The fourth-order valence-electron chi connectivity index (χ4n) is 0.630. The molecule has 0 saturated heterocycles. The molecular weight excluding hydrogens is 104 g/mol. The Balaban J connectivity index is 2.27. The molecule has 0 aromatic rings. The highest BCUT2D eigenvalue weighted by atomic mass is 16.3. The molecule has 0 aromatic heterocycles. The van der Waals surface area contributed by atoms with Crippen molar-refractivity contribution >= 4 is 0 Å². The van der Waals surface area contributed by atoms with Crippen molar-refractivity contribution in [2.75, 3.05) is 13.2 Å². The molecule has 3 N–H and O–H groups in total. The largest absolute Gasteiger partial charge is 0.393 e. The normalized spacial score (nSPS) is 27.4. The van der Waals surface area contributed by atoms with Gasteiger partial charge in [0.1, 0.15) is 6.17 Å². The Hall–Kier alpha value is -0.540. The predicted octanol–water partition coefficient (Wildman–Crippen LogP) is -0.989. The zero-order valence-electron chi connectivity index (χ0n) is 4.59. The molecule has 0 fully saturated rings. The summed E-state index contributed by atoms with van der Waals surface area (Å²) in [7, 11) is 0. The van der Waals surface area contributed by atoms with Crippen LogP contribution in [-0.2, 0) is 0 Å². The Morgan fingerprint density at radius 1 is 1.75 bits per heavy atom. The highest BCUT2D eigenvalue weighted by Gasteiger charge is 2.02. The molecule has 1 unspecified atom stereocenters. The lowest BCUT2D eigenvalue weighted by Gasteiger charge is -2.18. The van der Waals surface area contributed by atoms with E-state index < -0.39 is 0 Å². The van der Waals surface area contributed by atoms with Crippen LogP contribution in [0, 0.1) is 0 Å². The molecule has 3 heteroatoms. The first-order valence-electron chi connectivity index (χ1n) is 2.69. The van der Waals surface area contributed by atoms with Gasteiger partial charge in [-0.3, -0.25) is 5.32 Å². The lowest BCUT2D eigenvalue weighted by molar-refractivity contribution is 0.230. The number of hydrogen-bond donors (Lipinski definition) is 3. The van der Waals surface area contributed by atoms with Gasteiger partial charge in [0.15, 0.2) is 0 Å². The van der Waals surface area contributed by atoms with Gasteiger partial charge in [-0.05, 0) is 6.20 Å². The third kappa shape index (κ3) is 1.21. The first kappa shape index (κ1) is 5.59. The number of nitrogens with one attached hydrogen (secondary N) is 2. The third-order valence-electron chi connectivity index (χ3n) is 1.08. The molecule has 1 rings (SSSR count). The predicted molar refractivity (Wildman–Crippen MR) is 31.2 cm³/mol. The molecule has 0 aromatic carbocycles. The van der Waals surface area contributed by atoms with Crippen molar-refractivity contribution in [3.05, 3.63) is 12.3 Å². The minimum absolute atomic E-state index is 0.0556. The van der Waals surface area contributed by atoms with E-state index in [0.29, 0.717) is 0 Å². The molecule has 0 aliphatic carbocycles. The maximum Gasteiger partial charge on any atom is 0.100 e. The van der Waals surface area contributed by atoms with Gasteiger partial charge in [0, 0.05) is 6.54 Å². The molecule has 46 valence electrons. The van der Waals surface area contributed by atoms with E-state index in [-0.39, 0.29) is 12.8 Å². The average Bonchev–Trinajstić information content (AvgIpc) is 1.90. The quantitative estimate of drug-likeness (QED) is 0.410. The van der Waals surface area contributed by atoms with E-state index in [4.69, 9.17) is 5.11 Å². The number of aliphatic hydroxyl groups excluding tert-OH is 1. The van der Waals surface area contributed by atoms with Crippen molar-refractivity contribution in [3.63, 3.8) is 0 Å². The maximum atomic E-state index is 8.53. The second kappa shape index (κ2) is 2.69. The summed E-state index contributed by atoms with van der Waals surface area (Å²) in [6.07, 6.45) is 3.86. The van der Waals surface area contributed by atoms with Crippen molar-refractivity contribution in [1.29, 1.82) is 0 Å². The van der Waals surface area contributed by atoms with E-state index in [9.17, 15) is 0 Å². The van der Waals surface area contributed by atoms with Crippen LogP contribution < -0.4 is 10.6 Å². The minimum atomic E-state index is 0.0556. The summed E-state index contributed by atoms with van der Waals surface area (Å²) < 4.78 is 0. The van der Waals surface area contributed by atoms with E-state index in [2.05, 4.69) is 10.6 Å². The molecule has 3 nitrogen and oxygen atoms in total. The van der Waals surface area contributed by atoms with Gasteiger partial charge in [-0.25, -0.2) is 0 Å². The second-order valence-electron chi connectivity index (χ2n) is 1.71. The highest BCUT2D eigenvalue weighted by Crippen LogP contribution is 1.81. The van der Waals surface area contributed by atoms with Crippen LogP contribution in [0.4, 0.5) is 0 Å². The summed E-state index contributed by atoms with van der Waals surface area (Å²) in [5.74, 6) is 0. The number of aliphatic hydroxyl groups is 1. The molecule has 0 amide bonds.